The molecule has 0 atom stereocenters. The molecule has 0 aromatic heterocycles. The van der Waals surface area contributed by atoms with E-state index >= 15 is 0 Å². The Balaban J connectivity index is 1.28. The summed E-state index contributed by atoms with van der Waals surface area (Å²) < 4.78 is 6.87. The maximum Gasteiger partial charge on any atom is 0.251 e. The second-order valence-corrected chi connectivity index (χ2v) is 9.69. The number of hydrogen-bond donors (Lipinski definition) is 2. The Hall–Kier alpha value is -4.10. The number of halogens is 1. The van der Waals surface area contributed by atoms with Crippen LogP contribution < -0.4 is 20.7 Å². The van der Waals surface area contributed by atoms with Crippen LogP contribution in [-0.4, -0.2) is 25.0 Å². The lowest BCUT2D eigenvalue weighted by Crippen LogP contribution is -2.32. The molecule has 3 N–H and O–H groups in total. The van der Waals surface area contributed by atoms with Crippen molar-refractivity contribution in [2.24, 2.45) is 5.73 Å². The van der Waals surface area contributed by atoms with Crippen LogP contribution in [0.3, 0.4) is 0 Å². The number of ether oxygens (including phenoxy) is 1. The van der Waals surface area contributed by atoms with Crippen molar-refractivity contribution in [1.82, 2.24) is 5.32 Å². The Morgan fingerprint density at radius 1 is 0.946 bits per heavy atom. The van der Waals surface area contributed by atoms with Gasteiger partial charge in [0.25, 0.3) is 5.91 Å². The fraction of sp³-hybridized carbons (Fsp3) is 0.133. The molecule has 0 radical (unpaired) electrons. The van der Waals surface area contributed by atoms with E-state index in [4.69, 9.17) is 10.5 Å². The molecule has 1 aliphatic rings. The Bertz CT molecular complexity index is 1450. The molecule has 2 amide bonds. The third kappa shape index (κ3) is 5.52. The number of rotatable bonds is 7. The van der Waals surface area contributed by atoms with E-state index in [0.717, 1.165) is 39.0 Å². The van der Waals surface area contributed by atoms with E-state index in [1.165, 1.54) is 0 Å². The van der Waals surface area contributed by atoms with Gasteiger partial charge >= 0.3 is 0 Å². The van der Waals surface area contributed by atoms with Crippen molar-refractivity contribution in [1.29, 1.82) is 0 Å². The van der Waals surface area contributed by atoms with Crippen molar-refractivity contribution in [3.05, 3.63) is 118 Å². The van der Waals surface area contributed by atoms with Gasteiger partial charge in [-0.2, -0.15) is 0 Å². The van der Waals surface area contributed by atoms with Gasteiger partial charge in [-0.05, 0) is 52.6 Å². The van der Waals surface area contributed by atoms with Gasteiger partial charge in [0.2, 0.25) is 5.91 Å². The summed E-state index contributed by atoms with van der Waals surface area (Å²) in [5.74, 6) is 0.114. The summed E-state index contributed by atoms with van der Waals surface area (Å²) >= 11 is 3.51. The number of carbonyl (C=O) groups excluding carboxylic acids is 2. The summed E-state index contributed by atoms with van der Waals surface area (Å²) in [7, 11) is 0. The molecule has 4 aromatic carbocycles. The topological polar surface area (TPSA) is 84.7 Å². The van der Waals surface area contributed by atoms with Gasteiger partial charge in [-0.1, -0.05) is 76.6 Å². The van der Waals surface area contributed by atoms with Crippen LogP contribution in [0.15, 0.2) is 95.5 Å². The average molecular weight is 556 g/mol. The SMILES string of the molecule is NC(=O)c1ccccc1-c1ccc(CN2CCOc3cc(C(=O)NCc4ccccc4Br)ccc32)cc1. The lowest BCUT2D eigenvalue weighted by molar-refractivity contribution is 0.0949. The largest absolute Gasteiger partial charge is 0.490 e. The first-order chi connectivity index (χ1) is 18.0. The van der Waals surface area contributed by atoms with Crippen molar-refractivity contribution in [3.63, 3.8) is 0 Å². The van der Waals surface area contributed by atoms with Crippen LogP contribution in [0.2, 0.25) is 0 Å². The molecule has 186 valence electrons. The third-order valence-electron chi connectivity index (χ3n) is 6.41. The number of carbonyl (C=O) groups is 2. The van der Waals surface area contributed by atoms with Gasteiger partial charge in [0.1, 0.15) is 12.4 Å². The second-order valence-electron chi connectivity index (χ2n) is 8.83. The lowest BCUT2D eigenvalue weighted by Gasteiger charge is -2.31. The van der Waals surface area contributed by atoms with E-state index < -0.39 is 5.91 Å². The number of anilines is 1. The van der Waals surface area contributed by atoms with E-state index in [1.807, 2.05) is 66.7 Å². The van der Waals surface area contributed by atoms with Gasteiger partial charge in [0.05, 0.1) is 12.2 Å². The molecule has 4 aromatic rings. The number of amides is 2. The van der Waals surface area contributed by atoms with Gasteiger partial charge in [0, 0.05) is 28.7 Å². The molecule has 5 rings (SSSR count). The monoisotopic (exact) mass is 555 g/mol. The number of benzene rings is 4. The van der Waals surface area contributed by atoms with E-state index in [-0.39, 0.29) is 5.91 Å². The first-order valence-corrected chi connectivity index (χ1v) is 12.8. The molecular formula is C30H26BrN3O3. The highest BCUT2D eigenvalue weighted by molar-refractivity contribution is 9.10. The first kappa shape index (κ1) is 24.6. The highest BCUT2D eigenvalue weighted by atomic mass is 79.9. The number of fused-ring (bicyclic) bond motifs is 1. The summed E-state index contributed by atoms with van der Waals surface area (Å²) in [5.41, 5.74) is 11.5. The molecule has 7 heteroatoms. The zero-order chi connectivity index (χ0) is 25.8. The maximum atomic E-state index is 12.8. The van der Waals surface area contributed by atoms with Gasteiger partial charge in [-0.25, -0.2) is 0 Å². The van der Waals surface area contributed by atoms with Crippen LogP contribution in [0.4, 0.5) is 5.69 Å². The molecule has 0 bridgehead atoms. The minimum absolute atomic E-state index is 0.147. The van der Waals surface area contributed by atoms with E-state index in [2.05, 4.69) is 38.3 Å². The normalized spacial score (nSPS) is 12.4. The molecule has 1 heterocycles. The molecular weight excluding hydrogens is 530 g/mol. The van der Waals surface area contributed by atoms with Crippen LogP contribution in [-0.2, 0) is 13.1 Å². The van der Waals surface area contributed by atoms with Crippen LogP contribution >= 0.6 is 15.9 Å². The molecule has 37 heavy (non-hydrogen) atoms. The molecule has 0 unspecified atom stereocenters. The number of nitrogens with two attached hydrogens (primary N) is 1. The fourth-order valence-electron chi connectivity index (χ4n) is 4.46. The maximum absolute atomic E-state index is 12.8. The Kier molecular flexibility index (Phi) is 7.23. The van der Waals surface area contributed by atoms with Gasteiger partial charge in [-0.3, -0.25) is 9.59 Å². The zero-order valence-electron chi connectivity index (χ0n) is 20.1. The van der Waals surface area contributed by atoms with E-state index in [0.29, 0.717) is 36.6 Å². The Morgan fingerprint density at radius 3 is 2.49 bits per heavy atom. The van der Waals surface area contributed by atoms with Crippen molar-refractivity contribution < 1.29 is 14.3 Å². The molecule has 0 saturated heterocycles. The second kappa shape index (κ2) is 10.9. The van der Waals surface area contributed by atoms with Crippen molar-refractivity contribution in [2.75, 3.05) is 18.1 Å². The summed E-state index contributed by atoms with van der Waals surface area (Å²) in [6.07, 6.45) is 0. The minimum atomic E-state index is -0.439. The van der Waals surface area contributed by atoms with Crippen LogP contribution in [0.1, 0.15) is 31.8 Å². The summed E-state index contributed by atoms with van der Waals surface area (Å²) in [5, 5.41) is 2.98. The molecule has 1 aliphatic heterocycles. The summed E-state index contributed by atoms with van der Waals surface area (Å²) in [6.45, 7) is 2.41. The Morgan fingerprint density at radius 2 is 1.70 bits per heavy atom. The van der Waals surface area contributed by atoms with Gasteiger partial charge in [-0.15, -0.1) is 0 Å². The highest BCUT2D eigenvalue weighted by Gasteiger charge is 2.20. The van der Waals surface area contributed by atoms with Crippen LogP contribution in [0.25, 0.3) is 11.1 Å². The first-order valence-electron chi connectivity index (χ1n) is 12.0. The van der Waals surface area contributed by atoms with Crippen molar-refractivity contribution in [2.45, 2.75) is 13.1 Å². The van der Waals surface area contributed by atoms with Gasteiger partial charge in [0.15, 0.2) is 0 Å². The number of primary amides is 1. The quantitative estimate of drug-likeness (QED) is 0.313. The standard InChI is InChI=1S/C30H26BrN3O3/c31-26-8-4-1-5-23(26)18-33-30(36)22-13-14-27-28(17-22)37-16-15-34(27)19-20-9-11-21(12-10-20)24-6-2-3-7-25(24)29(32)35/h1-14,17H,15-16,18-19H2,(H2,32,35)(H,33,36). The van der Waals surface area contributed by atoms with Crippen molar-refractivity contribution in [3.8, 4) is 16.9 Å². The predicted molar refractivity (Wildman–Crippen MR) is 149 cm³/mol. The van der Waals surface area contributed by atoms with Gasteiger partial charge < -0.3 is 20.7 Å². The molecule has 6 nitrogen and oxygen atoms in total. The van der Waals surface area contributed by atoms with E-state index in [9.17, 15) is 9.59 Å². The molecule has 0 spiro atoms. The van der Waals surface area contributed by atoms with Crippen LogP contribution in [0, 0.1) is 0 Å². The Labute approximate surface area is 224 Å². The lowest BCUT2D eigenvalue weighted by atomic mass is 9.98. The third-order valence-corrected chi connectivity index (χ3v) is 7.18. The highest BCUT2D eigenvalue weighted by Crippen LogP contribution is 2.34. The fourth-order valence-corrected chi connectivity index (χ4v) is 4.89. The molecule has 0 fully saturated rings. The molecule has 0 saturated carbocycles. The number of nitrogens with zero attached hydrogens (tertiary/aromatic N) is 1. The van der Waals surface area contributed by atoms with Crippen molar-refractivity contribution >= 4 is 33.4 Å². The number of hydrogen-bond acceptors (Lipinski definition) is 4. The zero-order valence-corrected chi connectivity index (χ0v) is 21.7. The van der Waals surface area contributed by atoms with Crippen LogP contribution in [0.5, 0.6) is 5.75 Å². The summed E-state index contributed by atoms with van der Waals surface area (Å²) in [4.78, 5) is 26.8. The predicted octanol–water partition coefficient (Wildman–Crippen LogP) is 5.54. The van der Waals surface area contributed by atoms with E-state index in [1.54, 1.807) is 12.1 Å². The smallest absolute Gasteiger partial charge is 0.251 e. The molecule has 0 aliphatic carbocycles. The summed E-state index contributed by atoms with van der Waals surface area (Å²) in [6, 6.07) is 28.9. The minimum Gasteiger partial charge on any atom is -0.490 e. The number of nitrogens with one attached hydrogen (secondary N) is 1. The average Bonchev–Trinajstić information content (AvgIpc) is 2.93.